The number of methoxy groups -OCH3 is 1. The van der Waals surface area contributed by atoms with Crippen LogP contribution in [0.15, 0.2) is 36.4 Å². The van der Waals surface area contributed by atoms with Crippen LogP contribution in [0.5, 0.6) is 5.75 Å². The first-order chi connectivity index (χ1) is 14.4. The SMILES string of the molecule is COc1ccc2cc(C(=O)C3CCCN(C(=O)Cn4nc(C)nc4C)C3)ccc2c1. The Balaban J connectivity index is 1.47. The molecule has 1 unspecified atom stereocenters. The molecule has 0 N–H and O–H groups in total. The summed E-state index contributed by atoms with van der Waals surface area (Å²) in [5.74, 6) is 2.06. The Kier molecular flexibility index (Phi) is 5.53. The van der Waals surface area contributed by atoms with Crippen molar-refractivity contribution in [2.75, 3.05) is 20.2 Å². The Bertz CT molecular complexity index is 1110. The van der Waals surface area contributed by atoms with Gasteiger partial charge < -0.3 is 9.64 Å². The van der Waals surface area contributed by atoms with E-state index in [0.717, 1.165) is 35.2 Å². The van der Waals surface area contributed by atoms with E-state index in [4.69, 9.17) is 4.74 Å². The van der Waals surface area contributed by atoms with Crippen molar-refractivity contribution in [3.63, 3.8) is 0 Å². The minimum absolute atomic E-state index is 0.0221. The number of Topliss-reactive ketones (excluding diaryl/α,β-unsaturated/α-hetero) is 1. The molecule has 3 aromatic rings. The molecule has 4 rings (SSSR count). The van der Waals surface area contributed by atoms with E-state index in [-0.39, 0.29) is 24.2 Å². The summed E-state index contributed by atoms with van der Waals surface area (Å²) < 4.78 is 6.89. The van der Waals surface area contributed by atoms with Crippen LogP contribution in [0.2, 0.25) is 0 Å². The Morgan fingerprint density at radius 3 is 2.63 bits per heavy atom. The lowest BCUT2D eigenvalue weighted by Crippen LogP contribution is -2.43. The molecule has 1 fully saturated rings. The number of likely N-dealkylation sites (tertiary alicyclic amines) is 1. The predicted octanol–water partition coefficient (Wildman–Crippen LogP) is 3.18. The largest absolute Gasteiger partial charge is 0.497 e. The number of aromatic nitrogens is 3. The first kappa shape index (κ1) is 20.1. The van der Waals surface area contributed by atoms with Crippen LogP contribution in [0.1, 0.15) is 34.8 Å². The number of nitrogens with zero attached hydrogens (tertiary/aromatic N) is 4. The Labute approximate surface area is 175 Å². The maximum Gasteiger partial charge on any atom is 0.244 e. The summed E-state index contributed by atoms with van der Waals surface area (Å²) in [5, 5.41) is 6.30. The third kappa shape index (κ3) is 4.06. The number of ketones is 1. The average Bonchev–Trinajstić information content (AvgIpc) is 3.08. The van der Waals surface area contributed by atoms with Gasteiger partial charge in [0.25, 0.3) is 0 Å². The van der Waals surface area contributed by atoms with Gasteiger partial charge in [0.15, 0.2) is 5.78 Å². The normalized spacial score (nSPS) is 16.6. The number of benzene rings is 2. The highest BCUT2D eigenvalue weighted by Gasteiger charge is 2.29. The van der Waals surface area contributed by atoms with Crippen LogP contribution in [-0.4, -0.2) is 51.6 Å². The van der Waals surface area contributed by atoms with E-state index in [0.29, 0.717) is 24.5 Å². The molecule has 1 atom stereocenters. The maximum atomic E-state index is 13.2. The first-order valence-corrected chi connectivity index (χ1v) is 10.2. The van der Waals surface area contributed by atoms with Crippen molar-refractivity contribution in [2.45, 2.75) is 33.2 Å². The molecule has 30 heavy (non-hydrogen) atoms. The quantitative estimate of drug-likeness (QED) is 0.608. The smallest absolute Gasteiger partial charge is 0.244 e. The molecule has 156 valence electrons. The third-order valence-corrected chi connectivity index (χ3v) is 5.72. The number of ether oxygens (including phenoxy) is 1. The van der Waals surface area contributed by atoms with Crippen LogP contribution in [0.25, 0.3) is 10.8 Å². The summed E-state index contributed by atoms with van der Waals surface area (Å²) in [6, 6.07) is 11.6. The molecule has 7 heteroatoms. The van der Waals surface area contributed by atoms with Gasteiger partial charge in [-0.1, -0.05) is 18.2 Å². The van der Waals surface area contributed by atoms with E-state index < -0.39 is 0 Å². The summed E-state index contributed by atoms with van der Waals surface area (Å²) in [5.41, 5.74) is 0.690. The van der Waals surface area contributed by atoms with E-state index >= 15 is 0 Å². The number of carbonyl (C=O) groups is 2. The Morgan fingerprint density at radius 1 is 1.13 bits per heavy atom. The van der Waals surface area contributed by atoms with Crippen molar-refractivity contribution in [3.8, 4) is 5.75 Å². The molecule has 1 amide bonds. The van der Waals surface area contributed by atoms with Crippen molar-refractivity contribution >= 4 is 22.5 Å². The average molecular weight is 406 g/mol. The molecule has 1 saturated heterocycles. The van der Waals surface area contributed by atoms with E-state index in [1.807, 2.05) is 50.2 Å². The minimum atomic E-state index is -0.183. The molecular weight excluding hydrogens is 380 g/mol. The lowest BCUT2D eigenvalue weighted by atomic mass is 9.89. The molecule has 0 spiro atoms. The zero-order chi connectivity index (χ0) is 21.3. The second-order valence-corrected chi connectivity index (χ2v) is 7.83. The van der Waals surface area contributed by atoms with Gasteiger partial charge in [-0.2, -0.15) is 5.10 Å². The summed E-state index contributed by atoms with van der Waals surface area (Å²) in [4.78, 5) is 32.0. The van der Waals surface area contributed by atoms with Crippen LogP contribution in [0.4, 0.5) is 0 Å². The van der Waals surface area contributed by atoms with Crippen molar-refractivity contribution in [3.05, 3.63) is 53.6 Å². The van der Waals surface area contributed by atoms with Gasteiger partial charge >= 0.3 is 0 Å². The zero-order valence-corrected chi connectivity index (χ0v) is 17.6. The van der Waals surface area contributed by atoms with E-state index in [1.165, 1.54) is 0 Å². The van der Waals surface area contributed by atoms with Gasteiger partial charge in [-0.25, -0.2) is 9.67 Å². The molecule has 1 aliphatic heterocycles. The van der Waals surface area contributed by atoms with Crippen LogP contribution >= 0.6 is 0 Å². The highest BCUT2D eigenvalue weighted by atomic mass is 16.5. The number of hydrogen-bond donors (Lipinski definition) is 0. The fourth-order valence-electron chi connectivity index (χ4n) is 4.10. The molecule has 2 aromatic carbocycles. The molecule has 0 bridgehead atoms. The topological polar surface area (TPSA) is 77.3 Å². The zero-order valence-electron chi connectivity index (χ0n) is 17.6. The number of aryl methyl sites for hydroxylation is 2. The molecule has 0 saturated carbocycles. The van der Waals surface area contributed by atoms with Crippen molar-refractivity contribution in [2.24, 2.45) is 5.92 Å². The standard InChI is InChI=1S/C23H26N4O3/c1-15-24-16(2)27(25-15)14-22(28)26-10-4-5-20(13-26)23(29)19-7-6-18-12-21(30-3)9-8-17(18)11-19/h6-9,11-12,20H,4-5,10,13-14H2,1-3H3. The van der Waals surface area contributed by atoms with Gasteiger partial charge in [-0.15, -0.1) is 0 Å². The van der Waals surface area contributed by atoms with E-state index in [2.05, 4.69) is 10.1 Å². The van der Waals surface area contributed by atoms with Gasteiger partial charge in [0.1, 0.15) is 23.9 Å². The van der Waals surface area contributed by atoms with E-state index in [9.17, 15) is 9.59 Å². The van der Waals surface area contributed by atoms with Crippen molar-refractivity contribution in [1.82, 2.24) is 19.7 Å². The second kappa shape index (κ2) is 8.26. The minimum Gasteiger partial charge on any atom is -0.497 e. The summed E-state index contributed by atoms with van der Waals surface area (Å²) >= 11 is 0. The van der Waals surface area contributed by atoms with Crippen LogP contribution in [-0.2, 0) is 11.3 Å². The highest BCUT2D eigenvalue weighted by molar-refractivity contribution is 6.01. The molecule has 2 heterocycles. The van der Waals surface area contributed by atoms with Crippen molar-refractivity contribution in [1.29, 1.82) is 0 Å². The number of hydrogen-bond acceptors (Lipinski definition) is 5. The fourth-order valence-corrected chi connectivity index (χ4v) is 4.10. The fraction of sp³-hybridized carbons (Fsp3) is 0.391. The second-order valence-electron chi connectivity index (χ2n) is 7.83. The maximum absolute atomic E-state index is 13.2. The van der Waals surface area contributed by atoms with Gasteiger partial charge in [-0.3, -0.25) is 9.59 Å². The Hall–Kier alpha value is -3.22. The van der Waals surface area contributed by atoms with Crippen LogP contribution in [0.3, 0.4) is 0 Å². The number of piperidine rings is 1. The van der Waals surface area contributed by atoms with E-state index in [1.54, 1.807) is 16.7 Å². The number of carbonyl (C=O) groups excluding carboxylic acids is 2. The molecule has 1 aromatic heterocycles. The Morgan fingerprint density at radius 2 is 1.90 bits per heavy atom. The van der Waals surface area contributed by atoms with Crippen LogP contribution in [0, 0.1) is 19.8 Å². The lowest BCUT2D eigenvalue weighted by molar-refractivity contribution is -0.133. The van der Waals surface area contributed by atoms with Crippen LogP contribution < -0.4 is 4.74 Å². The number of fused-ring (bicyclic) bond motifs is 1. The molecule has 0 aliphatic carbocycles. The molecular formula is C23H26N4O3. The molecule has 1 aliphatic rings. The van der Waals surface area contributed by atoms with Gasteiger partial charge in [0.05, 0.1) is 7.11 Å². The predicted molar refractivity (Wildman–Crippen MR) is 114 cm³/mol. The number of rotatable bonds is 5. The number of amides is 1. The van der Waals surface area contributed by atoms with Crippen molar-refractivity contribution < 1.29 is 14.3 Å². The summed E-state index contributed by atoms with van der Waals surface area (Å²) in [7, 11) is 1.64. The molecule has 7 nitrogen and oxygen atoms in total. The van der Waals surface area contributed by atoms with Gasteiger partial charge in [0, 0.05) is 24.6 Å². The highest BCUT2D eigenvalue weighted by Crippen LogP contribution is 2.26. The monoisotopic (exact) mass is 406 g/mol. The summed E-state index contributed by atoms with van der Waals surface area (Å²) in [6.07, 6.45) is 1.62. The van der Waals surface area contributed by atoms with Gasteiger partial charge in [-0.05, 0) is 55.7 Å². The lowest BCUT2D eigenvalue weighted by Gasteiger charge is -2.32. The molecule has 0 radical (unpaired) electrons. The third-order valence-electron chi connectivity index (χ3n) is 5.72. The van der Waals surface area contributed by atoms with Gasteiger partial charge in [0.2, 0.25) is 5.91 Å². The summed E-state index contributed by atoms with van der Waals surface area (Å²) in [6.45, 7) is 4.93. The first-order valence-electron chi connectivity index (χ1n) is 10.2.